The number of hydrogen-bond donors (Lipinski definition) is 1. The minimum atomic E-state index is 0.706. The summed E-state index contributed by atoms with van der Waals surface area (Å²) in [6.07, 6.45) is 6.40. The predicted octanol–water partition coefficient (Wildman–Crippen LogP) is 3.58. The number of allylic oxidation sites excluding steroid dienone is 1. The van der Waals surface area contributed by atoms with Crippen molar-refractivity contribution in [3.05, 3.63) is 47.7 Å². The molecule has 2 aromatic rings. The Morgan fingerprint density at radius 1 is 1.28 bits per heavy atom. The molecule has 18 heavy (non-hydrogen) atoms. The summed E-state index contributed by atoms with van der Waals surface area (Å²) in [5, 5.41) is 4.56. The van der Waals surface area contributed by atoms with Gasteiger partial charge in [0, 0.05) is 5.56 Å². The number of benzene rings is 1. The van der Waals surface area contributed by atoms with Crippen molar-refractivity contribution in [1.82, 2.24) is 9.78 Å². The van der Waals surface area contributed by atoms with E-state index < -0.39 is 0 Å². The lowest BCUT2D eigenvalue weighted by Gasteiger charge is -2.02. The highest BCUT2D eigenvalue weighted by molar-refractivity contribution is 5.59. The molecule has 3 nitrogen and oxygen atoms in total. The molecule has 0 atom stereocenters. The Morgan fingerprint density at radius 3 is 2.67 bits per heavy atom. The molecule has 2 rings (SSSR count). The number of nitrogens with two attached hydrogens (primary N) is 1. The summed E-state index contributed by atoms with van der Waals surface area (Å²) < 4.78 is 1.79. The Kier molecular flexibility index (Phi) is 3.82. The zero-order valence-corrected chi connectivity index (χ0v) is 10.9. The lowest BCUT2D eigenvalue weighted by Crippen LogP contribution is -2.01. The minimum Gasteiger partial charge on any atom is -0.383 e. The van der Waals surface area contributed by atoms with Crippen LogP contribution in [0.4, 0.5) is 5.82 Å². The third kappa shape index (κ3) is 2.45. The number of rotatable bonds is 4. The van der Waals surface area contributed by atoms with E-state index in [9.17, 15) is 0 Å². The lowest BCUT2D eigenvalue weighted by atomic mass is 10.2. The van der Waals surface area contributed by atoms with E-state index in [4.69, 9.17) is 5.73 Å². The van der Waals surface area contributed by atoms with Crippen LogP contribution in [0.1, 0.15) is 31.0 Å². The molecule has 1 heterocycles. The molecule has 0 unspecified atom stereocenters. The summed E-state index contributed by atoms with van der Waals surface area (Å²) in [5.41, 5.74) is 9.08. The number of hydrogen-bond acceptors (Lipinski definition) is 2. The third-order valence-corrected chi connectivity index (χ3v) is 2.94. The van der Waals surface area contributed by atoms with Gasteiger partial charge < -0.3 is 5.73 Å². The highest BCUT2D eigenvalue weighted by Gasteiger charge is 2.10. The van der Waals surface area contributed by atoms with Crippen LogP contribution in [-0.4, -0.2) is 9.78 Å². The zero-order valence-electron chi connectivity index (χ0n) is 10.9. The fourth-order valence-electron chi connectivity index (χ4n) is 1.81. The first-order valence-electron chi connectivity index (χ1n) is 6.31. The van der Waals surface area contributed by atoms with E-state index in [0.29, 0.717) is 5.82 Å². The second-order valence-corrected chi connectivity index (χ2v) is 4.33. The first kappa shape index (κ1) is 12.4. The van der Waals surface area contributed by atoms with E-state index in [0.717, 1.165) is 29.8 Å². The van der Waals surface area contributed by atoms with E-state index in [2.05, 4.69) is 24.2 Å². The SMILES string of the molecule is CCC/C=C/c1nn(-c2ccccc2)c(N)c1C. The fraction of sp³-hybridized carbons (Fsp3) is 0.267. The second-order valence-electron chi connectivity index (χ2n) is 4.33. The van der Waals surface area contributed by atoms with Crippen molar-refractivity contribution in [2.24, 2.45) is 0 Å². The third-order valence-electron chi connectivity index (χ3n) is 2.94. The number of anilines is 1. The van der Waals surface area contributed by atoms with Crippen molar-refractivity contribution in [2.75, 3.05) is 5.73 Å². The van der Waals surface area contributed by atoms with Gasteiger partial charge in [-0.15, -0.1) is 0 Å². The molecule has 1 aromatic heterocycles. The lowest BCUT2D eigenvalue weighted by molar-refractivity contribution is 0.885. The topological polar surface area (TPSA) is 43.8 Å². The van der Waals surface area contributed by atoms with Gasteiger partial charge in [-0.3, -0.25) is 0 Å². The molecule has 0 aliphatic heterocycles. The van der Waals surface area contributed by atoms with Crippen LogP contribution in [0.15, 0.2) is 36.4 Å². The van der Waals surface area contributed by atoms with Crippen molar-refractivity contribution in [1.29, 1.82) is 0 Å². The second kappa shape index (κ2) is 5.54. The normalized spacial score (nSPS) is 11.2. The molecule has 0 amide bonds. The molecule has 0 radical (unpaired) electrons. The van der Waals surface area contributed by atoms with Crippen molar-refractivity contribution in [3.63, 3.8) is 0 Å². The molecule has 0 bridgehead atoms. The molecule has 0 spiro atoms. The molecule has 94 valence electrons. The molecule has 1 aromatic carbocycles. The average molecular weight is 241 g/mol. The van der Waals surface area contributed by atoms with Crippen LogP contribution in [0.25, 0.3) is 11.8 Å². The van der Waals surface area contributed by atoms with Gasteiger partial charge in [-0.05, 0) is 31.6 Å². The highest BCUT2D eigenvalue weighted by Crippen LogP contribution is 2.21. The summed E-state index contributed by atoms with van der Waals surface area (Å²) in [7, 11) is 0. The number of unbranched alkanes of at least 4 members (excludes halogenated alkanes) is 1. The summed E-state index contributed by atoms with van der Waals surface area (Å²) in [4.78, 5) is 0. The van der Waals surface area contributed by atoms with Gasteiger partial charge in [-0.1, -0.05) is 37.6 Å². The predicted molar refractivity (Wildman–Crippen MR) is 76.7 cm³/mol. The molecular weight excluding hydrogens is 222 g/mol. The summed E-state index contributed by atoms with van der Waals surface area (Å²) >= 11 is 0. The largest absolute Gasteiger partial charge is 0.383 e. The van der Waals surface area contributed by atoms with Gasteiger partial charge in [0.15, 0.2) is 0 Å². The van der Waals surface area contributed by atoms with Crippen LogP contribution in [0, 0.1) is 6.92 Å². The van der Waals surface area contributed by atoms with E-state index in [1.54, 1.807) is 4.68 Å². The Hall–Kier alpha value is -2.03. The van der Waals surface area contributed by atoms with Gasteiger partial charge in [0.25, 0.3) is 0 Å². The van der Waals surface area contributed by atoms with E-state index >= 15 is 0 Å². The zero-order chi connectivity index (χ0) is 13.0. The van der Waals surface area contributed by atoms with Crippen molar-refractivity contribution in [3.8, 4) is 5.69 Å². The first-order chi connectivity index (χ1) is 8.74. The molecule has 3 heteroatoms. The Balaban J connectivity index is 2.37. The van der Waals surface area contributed by atoms with Gasteiger partial charge in [0.05, 0.1) is 11.4 Å². The first-order valence-corrected chi connectivity index (χ1v) is 6.31. The molecule has 0 saturated heterocycles. The van der Waals surface area contributed by atoms with Crippen LogP contribution < -0.4 is 5.73 Å². The monoisotopic (exact) mass is 241 g/mol. The summed E-state index contributed by atoms with van der Waals surface area (Å²) in [6.45, 7) is 4.17. The number of nitrogens with zero attached hydrogens (tertiary/aromatic N) is 2. The summed E-state index contributed by atoms with van der Waals surface area (Å²) in [6, 6.07) is 9.96. The van der Waals surface area contributed by atoms with Crippen molar-refractivity contribution < 1.29 is 0 Å². The molecule has 0 saturated carbocycles. The van der Waals surface area contributed by atoms with Gasteiger partial charge in [0.1, 0.15) is 5.82 Å². The maximum Gasteiger partial charge on any atom is 0.130 e. The standard InChI is InChI=1S/C15H19N3/c1-3-4-6-11-14-12(2)15(16)18(17-14)13-9-7-5-8-10-13/h5-11H,3-4,16H2,1-2H3/b11-6+. The Labute approximate surface area is 108 Å². The van der Waals surface area contributed by atoms with Crippen molar-refractivity contribution in [2.45, 2.75) is 26.7 Å². The van der Waals surface area contributed by atoms with Crippen LogP contribution in [0.3, 0.4) is 0 Å². The molecular formula is C15H19N3. The van der Waals surface area contributed by atoms with Crippen molar-refractivity contribution >= 4 is 11.9 Å². The quantitative estimate of drug-likeness (QED) is 0.889. The number of nitrogen functional groups attached to an aromatic ring is 1. The fourth-order valence-corrected chi connectivity index (χ4v) is 1.81. The van der Waals surface area contributed by atoms with Crippen LogP contribution >= 0.6 is 0 Å². The van der Waals surface area contributed by atoms with Gasteiger partial charge in [-0.2, -0.15) is 5.10 Å². The van der Waals surface area contributed by atoms with Gasteiger partial charge >= 0.3 is 0 Å². The van der Waals surface area contributed by atoms with Gasteiger partial charge in [0.2, 0.25) is 0 Å². The molecule has 2 N–H and O–H groups in total. The Bertz CT molecular complexity index is 538. The maximum absolute atomic E-state index is 6.11. The van der Waals surface area contributed by atoms with Gasteiger partial charge in [-0.25, -0.2) is 4.68 Å². The minimum absolute atomic E-state index is 0.706. The maximum atomic E-state index is 6.11. The van der Waals surface area contributed by atoms with E-state index in [1.165, 1.54) is 0 Å². The van der Waals surface area contributed by atoms with Crippen LogP contribution in [0.5, 0.6) is 0 Å². The summed E-state index contributed by atoms with van der Waals surface area (Å²) in [5.74, 6) is 0.706. The van der Waals surface area contributed by atoms with Crippen LogP contribution in [0.2, 0.25) is 0 Å². The highest BCUT2D eigenvalue weighted by atomic mass is 15.3. The molecule has 0 fully saturated rings. The van der Waals surface area contributed by atoms with E-state index in [1.807, 2.05) is 37.3 Å². The number of aromatic nitrogens is 2. The smallest absolute Gasteiger partial charge is 0.130 e. The average Bonchev–Trinajstić information content (AvgIpc) is 2.68. The Morgan fingerprint density at radius 2 is 2.00 bits per heavy atom. The van der Waals surface area contributed by atoms with Crippen LogP contribution in [-0.2, 0) is 0 Å². The van der Waals surface area contributed by atoms with E-state index in [-0.39, 0.29) is 0 Å². The number of para-hydroxylation sites is 1. The molecule has 0 aliphatic carbocycles. The molecule has 0 aliphatic rings.